The predicted molar refractivity (Wildman–Crippen MR) is 110 cm³/mol. The first-order valence-electron chi connectivity index (χ1n) is 9.01. The van der Waals surface area contributed by atoms with Crippen molar-refractivity contribution in [2.24, 2.45) is 0 Å². The van der Waals surface area contributed by atoms with Crippen LogP contribution in [0.5, 0.6) is 0 Å². The molecule has 0 saturated heterocycles. The van der Waals surface area contributed by atoms with Crippen LogP contribution < -0.4 is 0 Å². The first-order chi connectivity index (χ1) is 13.2. The molecule has 27 heavy (non-hydrogen) atoms. The van der Waals surface area contributed by atoms with Gasteiger partial charge in [0.05, 0.1) is 5.69 Å². The van der Waals surface area contributed by atoms with E-state index in [4.69, 9.17) is 9.40 Å². The second-order valence-corrected chi connectivity index (χ2v) is 6.86. The summed E-state index contributed by atoms with van der Waals surface area (Å²) >= 11 is 0. The maximum atomic E-state index is 6.18. The minimum atomic E-state index is 0.660. The molecule has 3 heteroatoms. The van der Waals surface area contributed by atoms with Crippen LogP contribution in [0, 0.1) is 13.8 Å². The summed E-state index contributed by atoms with van der Waals surface area (Å²) in [7, 11) is 0. The van der Waals surface area contributed by atoms with Crippen molar-refractivity contribution in [2.75, 3.05) is 0 Å². The fraction of sp³-hybridized carbons (Fsp3) is 0.0833. The lowest BCUT2D eigenvalue weighted by Crippen LogP contribution is -1.92. The Labute approximate surface area is 157 Å². The Morgan fingerprint density at radius 3 is 2.52 bits per heavy atom. The SMILES string of the molecule is Cc1cccc(-c2cccnc2-c2c(C)ccc3c2oc2ncccc23)c1. The number of fused-ring (bicyclic) bond motifs is 3. The van der Waals surface area contributed by atoms with E-state index in [1.54, 1.807) is 6.20 Å². The van der Waals surface area contributed by atoms with Gasteiger partial charge >= 0.3 is 0 Å². The van der Waals surface area contributed by atoms with E-state index in [9.17, 15) is 0 Å². The molecule has 0 aliphatic carbocycles. The second kappa shape index (κ2) is 6.06. The molecule has 0 spiro atoms. The van der Waals surface area contributed by atoms with Crippen LogP contribution >= 0.6 is 0 Å². The lowest BCUT2D eigenvalue weighted by atomic mass is 9.94. The molecule has 3 nitrogen and oxygen atoms in total. The fourth-order valence-corrected chi connectivity index (χ4v) is 3.72. The average molecular weight is 350 g/mol. The number of furan rings is 1. The Morgan fingerprint density at radius 2 is 1.63 bits per heavy atom. The Balaban J connectivity index is 1.86. The van der Waals surface area contributed by atoms with Crippen molar-refractivity contribution in [2.45, 2.75) is 13.8 Å². The van der Waals surface area contributed by atoms with Gasteiger partial charge in [0.15, 0.2) is 0 Å². The lowest BCUT2D eigenvalue weighted by Gasteiger charge is -2.12. The van der Waals surface area contributed by atoms with Gasteiger partial charge in [0, 0.05) is 34.3 Å². The molecule has 0 amide bonds. The van der Waals surface area contributed by atoms with Crippen molar-refractivity contribution in [1.82, 2.24) is 9.97 Å². The normalized spacial score (nSPS) is 11.3. The summed E-state index contributed by atoms with van der Waals surface area (Å²) in [6.07, 6.45) is 3.60. The zero-order valence-electron chi connectivity index (χ0n) is 15.2. The van der Waals surface area contributed by atoms with E-state index in [2.05, 4.69) is 61.3 Å². The number of rotatable bonds is 2. The molecule has 0 aliphatic rings. The molecule has 3 aromatic heterocycles. The van der Waals surface area contributed by atoms with Gasteiger partial charge in [-0.05, 0) is 43.2 Å². The van der Waals surface area contributed by atoms with Crippen LogP contribution in [0.4, 0.5) is 0 Å². The van der Waals surface area contributed by atoms with E-state index in [1.165, 1.54) is 5.56 Å². The molecule has 3 heterocycles. The summed E-state index contributed by atoms with van der Waals surface area (Å²) in [5.41, 5.74) is 8.09. The number of benzene rings is 2. The molecule has 0 radical (unpaired) electrons. The van der Waals surface area contributed by atoms with Crippen molar-refractivity contribution in [1.29, 1.82) is 0 Å². The van der Waals surface area contributed by atoms with Crippen LogP contribution in [0.3, 0.4) is 0 Å². The zero-order valence-corrected chi connectivity index (χ0v) is 15.2. The van der Waals surface area contributed by atoms with E-state index in [0.29, 0.717) is 5.71 Å². The zero-order chi connectivity index (χ0) is 18.4. The molecule has 0 fully saturated rings. The van der Waals surface area contributed by atoms with Crippen LogP contribution in [0.1, 0.15) is 11.1 Å². The first-order valence-corrected chi connectivity index (χ1v) is 9.01. The molecule has 130 valence electrons. The third kappa shape index (κ3) is 2.51. The summed E-state index contributed by atoms with van der Waals surface area (Å²) in [6, 6.07) is 20.8. The quantitative estimate of drug-likeness (QED) is 0.373. The summed E-state index contributed by atoms with van der Waals surface area (Å²) < 4.78 is 6.18. The minimum absolute atomic E-state index is 0.660. The highest BCUT2D eigenvalue weighted by Crippen LogP contribution is 2.40. The van der Waals surface area contributed by atoms with Crippen molar-refractivity contribution >= 4 is 22.1 Å². The van der Waals surface area contributed by atoms with E-state index in [1.807, 2.05) is 24.4 Å². The lowest BCUT2D eigenvalue weighted by molar-refractivity contribution is 0.654. The van der Waals surface area contributed by atoms with Crippen LogP contribution in [-0.2, 0) is 0 Å². The number of aryl methyl sites for hydroxylation is 2. The third-order valence-electron chi connectivity index (χ3n) is 5.00. The first kappa shape index (κ1) is 15.8. The number of pyridine rings is 2. The van der Waals surface area contributed by atoms with Gasteiger partial charge in [0.1, 0.15) is 5.58 Å². The molecular weight excluding hydrogens is 332 g/mol. The Morgan fingerprint density at radius 1 is 0.778 bits per heavy atom. The number of aromatic nitrogens is 2. The highest BCUT2D eigenvalue weighted by Gasteiger charge is 2.18. The van der Waals surface area contributed by atoms with Gasteiger partial charge < -0.3 is 4.42 Å². The largest absolute Gasteiger partial charge is 0.437 e. The van der Waals surface area contributed by atoms with Crippen molar-refractivity contribution in [3.8, 4) is 22.4 Å². The Hall–Kier alpha value is -3.46. The standard InChI is InChI=1S/C24H18N2O/c1-15-6-3-7-17(14-15)18-8-4-12-25-22(18)21-16(2)10-11-19-20-9-5-13-26-24(20)27-23(19)21/h3-14H,1-2H3. The monoisotopic (exact) mass is 350 g/mol. The molecule has 2 aromatic carbocycles. The summed E-state index contributed by atoms with van der Waals surface area (Å²) in [5.74, 6) is 0. The maximum Gasteiger partial charge on any atom is 0.227 e. The van der Waals surface area contributed by atoms with Gasteiger partial charge in [0.25, 0.3) is 0 Å². The number of hydrogen-bond donors (Lipinski definition) is 0. The van der Waals surface area contributed by atoms with Gasteiger partial charge in [-0.3, -0.25) is 4.98 Å². The van der Waals surface area contributed by atoms with Gasteiger partial charge in [-0.25, -0.2) is 4.98 Å². The summed E-state index contributed by atoms with van der Waals surface area (Å²) in [5, 5.41) is 2.10. The van der Waals surface area contributed by atoms with E-state index < -0.39 is 0 Å². The minimum Gasteiger partial charge on any atom is -0.437 e. The van der Waals surface area contributed by atoms with E-state index in [-0.39, 0.29) is 0 Å². The molecule has 0 saturated carbocycles. The fourth-order valence-electron chi connectivity index (χ4n) is 3.72. The van der Waals surface area contributed by atoms with Crippen molar-refractivity contribution in [3.63, 3.8) is 0 Å². The average Bonchev–Trinajstić information content (AvgIpc) is 3.06. The molecule has 0 atom stereocenters. The molecule has 0 aliphatic heterocycles. The second-order valence-electron chi connectivity index (χ2n) is 6.86. The van der Waals surface area contributed by atoms with Crippen LogP contribution in [0.15, 0.2) is 77.5 Å². The topological polar surface area (TPSA) is 38.9 Å². The Kier molecular flexibility index (Phi) is 3.54. The molecule has 5 rings (SSSR count). The molecule has 0 N–H and O–H groups in total. The predicted octanol–water partition coefficient (Wildman–Crippen LogP) is 6.33. The maximum absolute atomic E-state index is 6.18. The molecule has 5 aromatic rings. The van der Waals surface area contributed by atoms with Crippen molar-refractivity contribution in [3.05, 3.63) is 84.2 Å². The number of nitrogens with zero attached hydrogens (tertiary/aromatic N) is 2. The van der Waals surface area contributed by atoms with Crippen LogP contribution in [-0.4, -0.2) is 9.97 Å². The van der Waals surface area contributed by atoms with Crippen LogP contribution in [0.25, 0.3) is 44.5 Å². The highest BCUT2D eigenvalue weighted by molar-refractivity contribution is 6.09. The van der Waals surface area contributed by atoms with Gasteiger partial charge in [0.2, 0.25) is 5.71 Å². The third-order valence-corrected chi connectivity index (χ3v) is 5.00. The smallest absolute Gasteiger partial charge is 0.227 e. The van der Waals surface area contributed by atoms with Crippen LogP contribution in [0.2, 0.25) is 0 Å². The summed E-state index contributed by atoms with van der Waals surface area (Å²) in [4.78, 5) is 9.14. The van der Waals surface area contributed by atoms with Gasteiger partial charge in [-0.1, -0.05) is 48.0 Å². The van der Waals surface area contributed by atoms with Gasteiger partial charge in [-0.2, -0.15) is 0 Å². The Bertz CT molecular complexity index is 1300. The molecular formula is C24H18N2O. The molecule has 0 bridgehead atoms. The van der Waals surface area contributed by atoms with E-state index in [0.717, 1.165) is 44.3 Å². The van der Waals surface area contributed by atoms with E-state index >= 15 is 0 Å². The summed E-state index contributed by atoms with van der Waals surface area (Å²) in [6.45, 7) is 4.21. The highest BCUT2D eigenvalue weighted by atomic mass is 16.3. The molecule has 0 unspecified atom stereocenters. The number of hydrogen-bond acceptors (Lipinski definition) is 3. The van der Waals surface area contributed by atoms with Gasteiger partial charge in [-0.15, -0.1) is 0 Å². The van der Waals surface area contributed by atoms with Crippen molar-refractivity contribution < 1.29 is 4.42 Å².